The second kappa shape index (κ2) is 4.98. The Morgan fingerprint density at radius 2 is 1.80 bits per heavy atom. The van der Waals surface area contributed by atoms with E-state index in [1.54, 1.807) is 0 Å². The minimum Gasteiger partial charge on any atom is -0.534 e. The molecule has 0 atom stereocenters. The molecular formula is C11H18N2OSi. The van der Waals surface area contributed by atoms with Gasteiger partial charge in [0.05, 0.1) is 5.69 Å². The molecular weight excluding hydrogens is 204 g/mol. The molecule has 0 fully saturated rings. The maximum Gasteiger partial charge on any atom is 0.243 e. The van der Waals surface area contributed by atoms with Crippen LogP contribution in [0.3, 0.4) is 0 Å². The summed E-state index contributed by atoms with van der Waals surface area (Å²) in [5.41, 5.74) is 3.92. The third kappa shape index (κ3) is 5.22. The molecule has 1 rings (SSSR count). The topological polar surface area (TPSA) is 33.6 Å². The zero-order valence-corrected chi connectivity index (χ0v) is 10.7. The molecule has 1 aromatic rings. The molecule has 0 amide bonds. The molecule has 0 saturated carbocycles. The largest absolute Gasteiger partial charge is 0.534 e. The van der Waals surface area contributed by atoms with Crippen LogP contribution < -0.4 is 5.43 Å². The van der Waals surface area contributed by atoms with Crippen molar-refractivity contribution < 1.29 is 4.43 Å². The molecule has 1 N–H and O–H groups in total. The standard InChI is InChI=1S/C11H18N2OSi/c1-10(14-15(2,3)4)12-13-11-8-6-5-7-9-11/h5-9,13H,1-4H3/b12-10+. The van der Waals surface area contributed by atoms with E-state index in [9.17, 15) is 0 Å². The van der Waals surface area contributed by atoms with Crippen molar-refractivity contribution in [3.63, 3.8) is 0 Å². The van der Waals surface area contributed by atoms with Crippen LogP contribution in [0.5, 0.6) is 0 Å². The van der Waals surface area contributed by atoms with Crippen LogP contribution >= 0.6 is 0 Å². The highest BCUT2D eigenvalue weighted by Gasteiger charge is 2.16. The number of para-hydroxylation sites is 1. The maximum atomic E-state index is 5.69. The Balaban J connectivity index is 2.51. The first-order valence-electron chi connectivity index (χ1n) is 5.02. The maximum absolute atomic E-state index is 5.69. The Bertz CT molecular complexity index is 330. The van der Waals surface area contributed by atoms with E-state index >= 15 is 0 Å². The van der Waals surface area contributed by atoms with Crippen LogP contribution in [-0.2, 0) is 4.43 Å². The summed E-state index contributed by atoms with van der Waals surface area (Å²) in [6, 6.07) is 9.83. The average Bonchev–Trinajstić information content (AvgIpc) is 2.14. The molecule has 0 unspecified atom stereocenters. The van der Waals surface area contributed by atoms with Gasteiger partial charge in [0.2, 0.25) is 8.32 Å². The van der Waals surface area contributed by atoms with Gasteiger partial charge in [0.15, 0.2) is 5.90 Å². The molecule has 0 heterocycles. The highest BCUT2D eigenvalue weighted by molar-refractivity contribution is 6.71. The number of rotatable bonds is 3. The highest BCUT2D eigenvalue weighted by atomic mass is 28.4. The number of hydrogen-bond donors (Lipinski definition) is 1. The number of hydrogen-bond acceptors (Lipinski definition) is 3. The molecule has 3 nitrogen and oxygen atoms in total. The van der Waals surface area contributed by atoms with Gasteiger partial charge in [-0.1, -0.05) is 18.2 Å². The van der Waals surface area contributed by atoms with E-state index in [4.69, 9.17) is 4.43 Å². The van der Waals surface area contributed by atoms with Gasteiger partial charge < -0.3 is 4.43 Å². The minimum absolute atomic E-state index is 0.693. The van der Waals surface area contributed by atoms with Gasteiger partial charge in [-0.15, -0.1) is 5.10 Å². The second-order valence-corrected chi connectivity index (χ2v) is 8.75. The van der Waals surface area contributed by atoms with E-state index in [0.717, 1.165) is 5.69 Å². The molecule has 0 bridgehead atoms. The average molecular weight is 222 g/mol. The fourth-order valence-corrected chi connectivity index (χ4v) is 2.05. The van der Waals surface area contributed by atoms with Crippen molar-refractivity contribution in [1.29, 1.82) is 0 Å². The highest BCUT2D eigenvalue weighted by Crippen LogP contribution is 2.06. The molecule has 0 saturated heterocycles. The quantitative estimate of drug-likeness (QED) is 0.368. The monoisotopic (exact) mass is 222 g/mol. The first-order valence-corrected chi connectivity index (χ1v) is 8.42. The van der Waals surface area contributed by atoms with Crippen molar-refractivity contribution in [3.05, 3.63) is 30.3 Å². The van der Waals surface area contributed by atoms with Gasteiger partial charge in [0.25, 0.3) is 0 Å². The lowest BCUT2D eigenvalue weighted by Gasteiger charge is -2.18. The van der Waals surface area contributed by atoms with Crippen LogP contribution in [0.1, 0.15) is 6.92 Å². The third-order valence-electron chi connectivity index (χ3n) is 1.57. The molecule has 1 aromatic carbocycles. The molecule has 0 aliphatic rings. The van der Waals surface area contributed by atoms with Gasteiger partial charge in [-0.05, 0) is 31.8 Å². The Labute approximate surface area is 92.3 Å². The molecule has 0 radical (unpaired) electrons. The van der Waals surface area contributed by atoms with Crippen molar-refractivity contribution in [1.82, 2.24) is 0 Å². The Hall–Kier alpha value is -1.29. The fourth-order valence-electron chi connectivity index (χ4n) is 1.12. The summed E-state index contributed by atoms with van der Waals surface area (Å²) in [5.74, 6) is 0.693. The second-order valence-electron chi connectivity index (χ2n) is 4.32. The molecule has 4 heteroatoms. The number of nitrogens with zero attached hydrogens (tertiary/aromatic N) is 1. The number of hydrazone groups is 1. The van der Waals surface area contributed by atoms with Crippen LogP contribution in [0.2, 0.25) is 19.6 Å². The van der Waals surface area contributed by atoms with Crippen LogP contribution in [-0.4, -0.2) is 14.2 Å². The van der Waals surface area contributed by atoms with Crippen molar-refractivity contribution in [2.75, 3.05) is 5.43 Å². The lowest BCUT2D eigenvalue weighted by molar-refractivity contribution is 0.546. The SMILES string of the molecule is C/C(=N\Nc1ccccc1)O[Si](C)(C)C. The predicted molar refractivity (Wildman–Crippen MR) is 67.6 cm³/mol. The molecule has 82 valence electrons. The Morgan fingerprint density at radius 3 is 2.33 bits per heavy atom. The van der Waals surface area contributed by atoms with E-state index in [2.05, 4.69) is 30.2 Å². The minimum atomic E-state index is -1.53. The number of nitrogens with one attached hydrogen (secondary N) is 1. The molecule has 15 heavy (non-hydrogen) atoms. The first kappa shape index (κ1) is 11.8. The van der Waals surface area contributed by atoms with E-state index in [1.165, 1.54) is 0 Å². The summed E-state index contributed by atoms with van der Waals surface area (Å²) in [6.45, 7) is 8.27. The normalized spacial score (nSPS) is 12.4. The smallest absolute Gasteiger partial charge is 0.243 e. The van der Waals surface area contributed by atoms with E-state index in [1.807, 2.05) is 37.3 Å². The zero-order chi connectivity index (χ0) is 11.3. The number of benzene rings is 1. The molecule has 0 aromatic heterocycles. The molecule has 0 aliphatic carbocycles. The van der Waals surface area contributed by atoms with Gasteiger partial charge in [0.1, 0.15) is 0 Å². The lowest BCUT2D eigenvalue weighted by Crippen LogP contribution is -2.28. The van der Waals surface area contributed by atoms with Crippen molar-refractivity contribution in [3.8, 4) is 0 Å². The lowest BCUT2D eigenvalue weighted by atomic mass is 10.3. The summed E-state index contributed by atoms with van der Waals surface area (Å²) in [6.07, 6.45) is 0. The van der Waals surface area contributed by atoms with E-state index in [0.29, 0.717) is 5.90 Å². The first-order chi connectivity index (χ1) is 6.97. The van der Waals surface area contributed by atoms with Crippen molar-refractivity contribution >= 4 is 19.9 Å². The summed E-state index contributed by atoms with van der Waals surface area (Å²) in [5, 5.41) is 4.16. The van der Waals surface area contributed by atoms with Crippen molar-refractivity contribution in [2.24, 2.45) is 5.10 Å². The van der Waals surface area contributed by atoms with E-state index in [-0.39, 0.29) is 0 Å². The fraction of sp³-hybridized carbons (Fsp3) is 0.364. The van der Waals surface area contributed by atoms with Gasteiger partial charge in [-0.3, -0.25) is 5.43 Å². The number of anilines is 1. The van der Waals surface area contributed by atoms with Gasteiger partial charge in [-0.25, -0.2) is 0 Å². The third-order valence-corrected chi connectivity index (χ3v) is 2.48. The van der Waals surface area contributed by atoms with Gasteiger partial charge in [-0.2, -0.15) is 0 Å². The van der Waals surface area contributed by atoms with Gasteiger partial charge >= 0.3 is 0 Å². The Morgan fingerprint density at radius 1 is 1.20 bits per heavy atom. The summed E-state index contributed by atoms with van der Waals surface area (Å²) in [7, 11) is -1.53. The molecule has 0 aliphatic heterocycles. The van der Waals surface area contributed by atoms with Crippen molar-refractivity contribution in [2.45, 2.75) is 26.6 Å². The molecule has 0 spiro atoms. The summed E-state index contributed by atoms with van der Waals surface area (Å²) < 4.78 is 5.69. The van der Waals surface area contributed by atoms with Crippen LogP contribution in [0.15, 0.2) is 35.4 Å². The van der Waals surface area contributed by atoms with Crippen LogP contribution in [0.25, 0.3) is 0 Å². The zero-order valence-electron chi connectivity index (χ0n) is 9.74. The predicted octanol–water partition coefficient (Wildman–Crippen LogP) is 3.28. The van der Waals surface area contributed by atoms with Crippen LogP contribution in [0, 0.1) is 0 Å². The summed E-state index contributed by atoms with van der Waals surface area (Å²) in [4.78, 5) is 0. The van der Waals surface area contributed by atoms with E-state index < -0.39 is 8.32 Å². The van der Waals surface area contributed by atoms with Gasteiger partial charge in [0, 0.05) is 6.92 Å². The Kier molecular flexibility index (Phi) is 3.91. The summed E-state index contributed by atoms with van der Waals surface area (Å²) >= 11 is 0. The van der Waals surface area contributed by atoms with Crippen LogP contribution in [0.4, 0.5) is 5.69 Å².